The standard InChI is InChI=1S/C9H20N2/c1-2-8-11-9-6-4-3-5-7-10/h9H,2-8,10H2,1H3. The van der Waals surface area contributed by atoms with Crippen LogP contribution in [0.3, 0.4) is 0 Å². The highest BCUT2D eigenvalue weighted by Crippen LogP contribution is 1.95. The van der Waals surface area contributed by atoms with Crippen LogP contribution < -0.4 is 5.73 Å². The summed E-state index contributed by atoms with van der Waals surface area (Å²) in [5, 5.41) is 0. The lowest BCUT2D eigenvalue weighted by molar-refractivity contribution is 0.707. The van der Waals surface area contributed by atoms with Crippen molar-refractivity contribution in [1.29, 1.82) is 0 Å². The SMILES string of the molecule is CCCN=CCCCCCN. The van der Waals surface area contributed by atoms with E-state index in [2.05, 4.69) is 11.9 Å². The molecule has 0 unspecified atom stereocenters. The third kappa shape index (κ3) is 9.63. The van der Waals surface area contributed by atoms with Crippen molar-refractivity contribution in [2.75, 3.05) is 13.1 Å². The number of unbranched alkanes of at least 4 members (excludes halogenated alkanes) is 3. The molecule has 0 saturated carbocycles. The van der Waals surface area contributed by atoms with Gasteiger partial charge in [0.05, 0.1) is 0 Å². The van der Waals surface area contributed by atoms with Gasteiger partial charge in [0.2, 0.25) is 0 Å². The molecule has 66 valence electrons. The number of rotatable bonds is 7. The molecule has 0 aliphatic rings. The van der Waals surface area contributed by atoms with Crippen molar-refractivity contribution in [3.05, 3.63) is 0 Å². The highest BCUT2D eigenvalue weighted by molar-refractivity contribution is 5.56. The van der Waals surface area contributed by atoms with E-state index in [9.17, 15) is 0 Å². The topological polar surface area (TPSA) is 38.4 Å². The van der Waals surface area contributed by atoms with Crippen LogP contribution in [0.2, 0.25) is 0 Å². The second-order valence-corrected chi connectivity index (χ2v) is 2.73. The molecular formula is C9H20N2. The monoisotopic (exact) mass is 156 g/mol. The van der Waals surface area contributed by atoms with Gasteiger partial charge >= 0.3 is 0 Å². The molecule has 0 spiro atoms. The van der Waals surface area contributed by atoms with Crippen LogP contribution in [0.15, 0.2) is 4.99 Å². The van der Waals surface area contributed by atoms with Crippen molar-refractivity contribution in [1.82, 2.24) is 0 Å². The van der Waals surface area contributed by atoms with E-state index in [-0.39, 0.29) is 0 Å². The van der Waals surface area contributed by atoms with Gasteiger partial charge in [0.1, 0.15) is 0 Å². The molecule has 0 radical (unpaired) electrons. The van der Waals surface area contributed by atoms with Gasteiger partial charge in [0, 0.05) is 6.54 Å². The fraction of sp³-hybridized carbons (Fsp3) is 0.889. The fourth-order valence-corrected chi connectivity index (χ4v) is 0.868. The highest BCUT2D eigenvalue weighted by Gasteiger charge is 1.83. The normalized spacial score (nSPS) is 11.1. The molecule has 0 heterocycles. The van der Waals surface area contributed by atoms with Crippen molar-refractivity contribution in [3.8, 4) is 0 Å². The largest absolute Gasteiger partial charge is 0.330 e. The zero-order valence-electron chi connectivity index (χ0n) is 7.55. The van der Waals surface area contributed by atoms with E-state index in [4.69, 9.17) is 5.73 Å². The van der Waals surface area contributed by atoms with Crippen molar-refractivity contribution in [2.45, 2.75) is 39.0 Å². The van der Waals surface area contributed by atoms with Crippen molar-refractivity contribution in [3.63, 3.8) is 0 Å². The summed E-state index contributed by atoms with van der Waals surface area (Å²) in [4.78, 5) is 4.23. The number of hydrogen-bond acceptors (Lipinski definition) is 2. The lowest BCUT2D eigenvalue weighted by Gasteiger charge is -1.93. The van der Waals surface area contributed by atoms with Gasteiger partial charge in [-0.3, -0.25) is 4.99 Å². The maximum Gasteiger partial charge on any atom is 0.0382 e. The van der Waals surface area contributed by atoms with Crippen molar-refractivity contribution < 1.29 is 0 Å². The van der Waals surface area contributed by atoms with E-state index in [1.807, 2.05) is 6.21 Å². The molecule has 0 bridgehead atoms. The Labute approximate surface area is 69.9 Å². The molecule has 0 aromatic heterocycles. The van der Waals surface area contributed by atoms with Crippen LogP contribution in [0.5, 0.6) is 0 Å². The molecule has 2 heteroatoms. The van der Waals surface area contributed by atoms with E-state index in [0.29, 0.717) is 0 Å². The molecule has 2 N–H and O–H groups in total. The van der Waals surface area contributed by atoms with Gasteiger partial charge in [-0.15, -0.1) is 0 Å². The van der Waals surface area contributed by atoms with Gasteiger partial charge in [-0.05, 0) is 38.4 Å². The molecule has 0 aromatic rings. The highest BCUT2D eigenvalue weighted by atomic mass is 14.7. The summed E-state index contributed by atoms with van der Waals surface area (Å²) in [6, 6.07) is 0. The van der Waals surface area contributed by atoms with Crippen molar-refractivity contribution >= 4 is 6.21 Å². The molecule has 0 aromatic carbocycles. The Bertz CT molecular complexity index is 89.6. The maximum absolute atomic E-state index is 5.36. The second kappa shape index (κ2) is 9.63. The summed E-state index contributed by atoms with van der Waals surface area (Å²) in [6.07, 6.45) is 7.96. The first kappa shape index (κ1) is 10.6. The molecule has 0 rings (SSSR count). The molecule has 0 fully saturated rings. The Morgan fingerprint density at radius 1 is 1.27 bits per heavy atom. The lowest BCUT2D eigenvalue weighted by atomic mass is 10.2. The van der Waals surface area contributed by atoms with E-state index >= 15 is 0 Å². The molecule has 2 nitrogen and oxygen atoms in total. The van der Waals surface area contributed by atoms with E-state index in [1.165, 1.54) is 12.8 Å². The Morgan fingerprint density at radius 2 is 2.09 bits per heavy atom. The minimum absolute atomic E-state index is 0.825. The number of hydrogen-bond donors (Lipinski definition) is 1. The van der Waals surface area contributed by atoms with Crippen LogP contribution in [0.4, 0.5) is 0 Å². The summed E-state index contributed by atoms with van der Waals surface area (Å²) in [7, 11) is 0. The predicted octanol–water partition coefficient (Wildman–Crippen LogP) is 1.99. The van der Waals surface area contributed by atoms with Gasteiger partial charge in [0.15, 0.2) is 0 Å². The van der Waals surface area contributed by atoms with Gasteiger partial charge < -0.3 is 5.73 Å². The van der Waals surface area contributed by atoms with Crippen LogP contribution in [-0.4, -0.2) is 19.3 Å². The predicted molar refractivity (Wildman–Crippen MR) is 51.2 cm³/mol. The number of aliphatic imine (C=N–C) groups is 1. The number of nitrogens with zero attached hydrogens (tertiary/aromatic N) is 1. The lowest BCUT2D eigenvalue weighted by Crippen LogP contribution is -1.97. The summed E-state index contributed by atoms with van der Waals surface area (Å²) in [5.41, 5.74) is 5.36. The first-order chi connectivity index (χ1) is 5.41. The quantitative estimate of drug-likeness (QED) is 0.444. The Hall–Kier alpha value is -0.370. The minimum atomic E-state index is 0.825. The van der Waals surface area contributed by atoms with E-state index < -0.39 is 0 Å². The van der Waals surface area contributed by atoms with Crippen LogP contribution in [0, 0.1) is 0 Å². The molecular weight excluding hydrogens is 136 g/mol. The zero-order valence-corrected chi connectivity index (χ0v) is 7.55. The van der Waals surface area contributed by atoms with Crippen LogP contribution in [0.1, 0.15) is 39.0 Å². The smallest absolute Gasteiger partial charge is 0.0382 e. The van der Waals surface area contributed by atoms with Gasteiger partial charge in [-0.2, -0.15) is 0 Å². The summed E-state index contributed by atoms with van der Waals surface area (Å²) < 4.78 is 0. The average Bonchev–Trinajstić information content (AvgIpc) is 2.03. The summed E-state index contributed by atoms with van der Waals surface area (Å²) >= 11 is 0. The van der Waals surface area contributed by atoms with Crippen LogP contribution in [0.25, 0.3) is 0 Å². The van der Waals surface area contributed by atoms with Gasteiger partial charge in [-0.1, -0.05) is 13.3 Å². The third-order valence-corrected chi connectivity index (χ3v) is 1.52. The Balaban J connectivity index is 2.89. The Kier molecular flexibility index (Phi) is 9.31. The maximum atomic E-state index is 5.36. The van der Waals surface area contributed by atoms with Gasteiger partial charge in [0.25, 0.3) is 0 Å². The zero-order chi connectivity index (χ0) is 8.36. The third-order valence-electron chi connectivity index (χ3n) is 1.52. The van der Waals surface area contributed by atoms with Gasteiger partial charge in [-0.25, -0.2) is 0 Å². The second-order valence-electron chi connectivity index (χ2n) is 2.73. The van der Waals surface area contributed by atoms with Crippen LogP contribution >= 0.6 is 0 Å². The fourth-order valence-electron chi connectivity index (χ4n) is 0.868. The average molecular weight is 156 g/mol. The molecule has 0 amide bonds. The first-order valence-corrected chi connectivity index (χ1v) is 4.60. The minimum Gasteiger partial charge on any atom is -0.330 e. The van der Waals surface area contributed by atoms with Crippen molar-refractivity contribution in [2.24, 2.45) is 10.7 Å². The Morgan fingerprint density at radius 3 is 2.73 bits per heavy atom. The van der Waals surface area contributed by atoms with E-state index in [1.54, 1.807) is 0 Å². The van der Waals surface area contributed by atoms with Crippen LogP contribution in [-0.2, 0) is 0 Å². The molecule has 11 heavy (non-hydrogen) atoms. The molecule has 0 aliphatic carbocycles. The first-order valence-electron chi connectivity index (χ1n) is 4.60. The summed E-state index contributed by atoms with van der Waals surface area (Å²) in [6.45, 7) is 3.95. The number of nitrogens with two attached hydrogens (primary N) is 1. The molecule has 0 saturated heterocycles. The molecule has 0 atom stereocenters. The van der Waals surface area contributed by atoms with E-state index in [0.717, 1.165) is 32.4 Å². The molecule has 0 aliphatic heterocycles. The summed E-state index contributed by atoms with van der Waals surface area (Å²) in [5.74, 6) is 0.